The molecule has 0 bridgehead atoms. The fourth-order valence-corrected chi connectivity index (χ4v) is 3.33. The zero-order valence-corrected chi connectivity index (χ0v) is 12.3. The minimum atomic E-state index is 0.437. The molecule has 17 heavy (non-hydrogen) atoms. The average molecular weight is 287 g/mol. The summed E-state index contributed by atoms with van der Waals surface area (Å²) >= 11 is 13.2. The topological polar surface area (TPSA) is 20.7 Å². The van der Waals surface area contributed by atoms with Crippen LogP contribution in [0.1, 0.15) is 19.4 Å². The fourth-order valence-electron chi connectivity index (χ4n) is 2.03. The minimum Gasteiger partial charge on any atom is -0.331 e. The van der Waals surface area contributed by atoms with Crippen molar-refractivity contribution in [3.63, 3.8) is 0 Å². The molecule has 1 aromatic carbocycles. The first kappa shape index (κ1) is 13.0. The molecule has 1 heterocycles. The number of rotatable bonds is 4. The van der Waals surface area contributed by atoms with Crippen LogP contribution in [0.5, 0.6) is 0 Å². The number of H-pyrrole nitrogens is 1. The van der Waals surface area contributed by atoms with E-state index in [1.54, 1.807) is 0 Å². The van der Waals surface area contributed by atoms with E-state index in [4.69, 9.17) is 23.8 Å². The maximum Gasteiger partial charge on any atom is 0.178 e. The van der Waals surface area contributed by atoms with Gasteiger partial charge in [-0.1, -0.05) is 18.5 Å². The third kappa shape index (κ3) is 2.54. The van der Waals surface area contributed by atoms with Gasteiger partial charge in [-0.25, -0.2) is 0 Å². The van der Waals surface area contributed by atoms with E-state index in [-0.39, 0.29) is 0 Å². The molecule has 0 radical (unpaired) electrons. The molecule has 0 saturated heterocycles. The van der Waals surface area contributed by atoms with Crippen LogP contribution in [0.3, 0.4) is 0 Å². The monoisotopic (exact) mass is 286 g/mol. The highest BCUT2D eigenvalue weighted by Gasteiger charge is 2.13. The first-order valence-electron chi connectivity index (χ1n) is 5.56. The Labute approximate surface area is 115 Å². The van der Waals surface area contributed by atoms with Gasteiger partial charge in [-0.05, 0) is 43.1 Å². The third-order valence-electron chi connectivity index (χ3n) is 2.87. The van der Waals surface area contributed by atoms with Crippen LogP contribution in [0.25, 0.3) is 11.0 Å². The summed E-state index contributed by atoms with van der Waals surface area (Å²) in [6.45, 7) is 2.19. The highest BCUT2D eigenvalue weighted by Crippen LogP contribution is 2.25. The first-order chi connectivity index (χ1) is 8.17. The average Bonchev–Trinajstić information content (AvgIpc) is 2.61. The van der Waals surface area contributed by atoms with E-state index in [0.717, 1.165) is 33.0 Å². The van der Waals surface area contributed by atoms with Crippen LogP contribution in [0, 0.1) is 4.77 Å². The van der Waals surface area contributed by atoms with Crippen molar-refractivity contribution in [3.8, 4) is 0 Å². The molecule has 2 rings (SSSR count). The maximum atomic E-state index is 5.99. The lowest BCUT2D eigenvalue weighted by Crippen LogP contribution is -2.10. The van der Waals surface area contributed by atoms with Gasteiger partial charge in [0, 0.05) is 16.8 Å². The van der Waals surface area contributed by atoms with Crippen molar-refractivity contribution in [3.05, 3.63) is 28.0 Å². The standard InChI is InChI=1S/C12H15ClN2S2/c1-3-9(7-17-2)15-11-5-4-8(13)6-10(11)14-12(15)16/h4-6,9H,3,7H2,1-2H3,(H,14,16). The smallest absolute Gasteiger partial charge is 0.178 e. The lowest BCUT2D eigenvalue weighted by Gasteiger charge is -2.16. The Morgan fingerprint density at radius 3 is 2.94 bits per heavy atom. The molecule has 0 aliphatic heterocycles. The number of aromatic nitrogens is 2. The molecule has 0 aliphatic carbocycles. The minimum absolute atomic E-state index is 0.437. The molecule has 1 atom stereocenters. The highest BCUT2D eigenvalue weighted by atomic mass is 35.5. The van der Waals surface area contributed by atoms with Crippen LogP contribution < -0.4 is 0 Å². The summed E-state index contributed by atoms with van der Waals surface area (Å²) in [5.74, 6) is 1.07. The van der Waals surface area contributed by atoms with Gasteiger partial charge in [0.15, 0.2) is 4.77 Å². The van der Waals surface area contributed by atoms with E-state index in [1.807, 2.05) is 30.0 Å². The summed E-state index contributed by atoms with van der Waals surface area (Å²) in [7, 11) is 0. The van der Waals surface area contributed by atoms with E-state index in [0.29, 0.717) is 6.04 Å². The van der Waals surface area contributed by atoms with Crippen molar-refractivity contribution in [2.75, 3.05) is 12.0 Å². The molecule has 1 N–H and O–H groups in total. The van der Waals surface area contributed by atoms with Gasteiger partial charge in [0.05, 0.1) is 11.0 Å². The van der Waals surface area contributed by atoms with Crippen molar-refractivity contribution in [1.82, 2.24) is 9.55 Å². The summed E-state index contributed by atoms with van der Waals surface area (Å²) in [5, 5.41) is 0.735. The van der Waals surface area contributed by atoms with E-state index in [9.17, 15) is 0 Å². The molecule has 2 aromatic rings. The Hall–Kier alpha value is -0.450. The Morgan fingerprint density at radius 1 is 1.53 bits per heavy atom. The Kier molecular flexibility index (Phi) is 4.17. The molecule has 0 amide bonds. The second-order valence-corrected chi connectivity index (χ2v) is 5.71. The summed E-state index contributed by atoms with van der Waals surface area (Å²) in [5.41, 5.74) is 2.15. The van der Waals surface area contributed by atoms with Crippen molar-refractivity contribution < 1.29 is 0 Å². The lowest BCUT2D eigenvalue weighted by atomic mass is 10.2. The highest BCUT2D eigenvalue weighted by molar-refractivity contribution is 7.98. The number of thioether (sulfide) groups is 1. The predicted molar refractivity (Wildman–Crippen MR) is 79.8 cm³/mol. The van der Waals surface area contributed by atoms with E-state index in [2.05, 4.69) is 22.7 Å². The number of imidazole rings is 1. The quantitative estimate of drug-likeness (QED) is 0.825. The van der Waals surface area contributed by atoms with Crippen LogP contribution in [-0.4, -0.2) is 21.6 Å². The van der Waals surface area contributed by atoms with Gasteiger partial charge in [-0.15, -0.1) is 0 Å². The van der Waals surface area contributed by atoms with Crippen LogP contribution in [0.4, 0.5) is 0 Å². The second-order valence-electron chi connectivity index (χ2n) is 3.98. The number of halogens is 1. The molecule has 1 unspecified atom stereocenters. The van der Waals surface area contributed by atoms with Gasteiger partial charge in [-0.2, -0.15) is 11.8 Å². The molecule has 1 aromatic heterocycles. The van der Waals surface area contributed by atoms with Crippen LogP contribution in [-0.2, 0) is 0 Å². The number of benzene rings is 1. The van der Waals surface area contributed by atoms with Crippen molar-refractivity contribution in [2.45, 2.75) is 19.4 Å². The number of hydrogen-bond acceptors (Lipinski definition) is 2. The van der Waals surface area contributed by atoms with Gasteiger partial charge in [0.1, 0.15) is 0 Å². The molecule has 92 valence electrons. The molecule has 5 heteroatoms. The molecule has 2 nitrogen and oxygen atoms in total. The largest absolute Gasteiger partial charge is 0.331 e. The second kappa shape index (κ2) is 5.46. The summed E-state index contributed by atoms with van der Waals surface area (Å²) in [6, 6.07) is 6.31. The van der Waals surface area contributed by atoms with Gasteiger partial charge in [0.2, 0.25) is 0 Å². The number of aromatic amines is 1. The number of nitrogens with one attached hydrogen (secondary N) is 1. The van der Waals surface area contributed by atoms with Gasteiger partial charge in [0.25, 0.3) is 0 Å². The molecular formula is C12H15ClN2S2. The fraction of sp³-hybridized carbons (Fsp3) is 0.417. The maximum absolute atomic E-state index is 5.99. The normalized spacial score (nSPS) is 13.1. The van der Waals surface area contributed by atoms with Crippen LogP contribution in [0.15, 0.2) is 18.2 Å². The zero-order valence-electron chi connectivity index (χ0n) is 9.87. The zero-order chi connectivity index (χ0) is 12.4. The van der Waals surface area contributed by atoms with E-state index in [1.165, 1.54) is 0 Å². The van der Waals surface area contributed by atoms with E-state index >= 15 is 0 Å². The molecule has 0 fully saturated rings. The van der Waals surface area contributed by atoms with Crippen molar-refractivity contribution >= 4 is 46.6 Å². The number of hydrogen-bond donors (Lipinski definition) is 1. The molecule has 0 saturated carbocycles. The third-order valence-corrected chi connectivity index (χ3v) is 4.13. The predicted octanol–water partition coefficient (Wildman–Crippen LogP) is 4.67. The summed E-state index contributed by atoms with van der Waals surface area (Å²) < 4.78 is 2.99. The molecule has 0 spiro atoms. The lowest BCUT2D eigenvalue weighted by molar-refractivity contribution is 0.547. The van der Waals surface area contributed by atoms with Gasteiger partial charge >= 0.3 is 0 Å². The number of nitrogens with zero attached hydrogens (tertiary/aromatic N) is 1. The van der Waals surface area contributed by atoms with E-state index < -0.39 is 0 Å². The molecular weight excluding hydrogens is 272 g/mol. The van der Waals surface area contributed by atoms with Gasteiger partial charge in [-0.3, -0.25) is 0 Å². The SMILES string of the molecule is CCC(CSC)n1c(=S)[nH]c2cc(Cl)ccc21. The summed E-state index contributed by atoms with van der Waals surface area (Å²) in [6.07, 6.45) is 3.20. The van der Waals surface area contributed by atoms with Crippen molar-refractivity contribution in [1.29, 1.82) is 0 Å². The Bertz CT molecular complexity index is 573. The van der Waals surface area contributed by atoms with Crippen LogP contribution in [0.2, 0.25) is 5.02 Å². The summed E-state index contributed by atoms with van der Waals surface area (Å²) in [4.78, 5) is 3.23. The van der Waals surface area contributed by atoms with Crippen molar-refractivity contribution in [2.24, 2.45) is 0 Å². The first-order valence-corrected chi connectivity index (χ1v) is 7.74. The molecule has 0 aliphatic rings. The Balaban J connectivity index is 2.59. The van der Waals surface area contributed by atoms with Crippen LogP contribution >= 0.6 is 35.6 Å². The Morgan fingerprint density at radius 2 is 2.29 bits per heavy atom. The number of fused-ring (bicyclic) bond motifs is 1. The van der Waals surface area contributed by atoms with Gasteiger partial charge < -0.3 is 9.55 Å².